The van der Waals surface area contributed by atoms with Crippen LogP contribution in [0, 0.1) is 11.3 Å². The summed E-state index contributed by atoms with van der Waals surface area (Å²) in [6.07, 6.45) is 0.234. The van der Waals surface area contributed by atoms with Gasteiger partial charge in [-0.05, 0) is 25.0 Å². The molecule has 1 N–H and O–H groups in total. The molecule has 88 valence electrons. The highest BCUT2D eigenvalue weighted by Crippen LogP contribution is 2.27. The van der Waals surface area contributed by atoms with E-state index in [1.165, 1.54) is 0 Å². The molecular weight excluding hydrogens is 217 g/mol. The van der Waals surface area contributed by atoms with Crippen LogP contribution in [0.25, 0.3) is 0 Å². The largest absolute Gasteiger partial charge is 0.496 e. The van der Waals surface area contributed by atoms with Gasteiger partial charge in [0.2, 0.25) is 0 Å². The predicted octanol–water partition coefficient (Wildman–Crippen LogP) is 1.15. The fourth-order valence-corrected chi connectivity index (χ4v) is 1.83. The van der Waals surface area contributed by atoms with Crippen molar-refractivity contribution in [1.29, 1.82) is 5.26 Å². The molecule has 0 aromatic heterocycles. The summed E-state index contributed by atoms with van der Waals surface area (Å²) in [5, 5.41) is 18.7. The van der Waals surface area contributed by atoms with Gasteiger partial charge in [-0.15, -0.1) is 0 Å². The minimum atomic E-state index is -1.07. The summed E-state index contributed by atoms with van der Waals surface area (Å²) in [4.78, 5) is 0. The summed E-state index contributed by atoms with van der Waals surface area (Å²) in [5.74, 6) is 0.599. The van der Waals surface area contributed by atoms with Crippen molar-refractivity contribution in [2.24, 2.45) is 0 Å². The standard InChI is InChI=1S/C12H14BNO3/c1-3-8(2)16-10-6-4-5-9-11(7-14)17-13(15)12(9)10/h4-6,8,11,15H,3H2,1-2H3. The van der Waals surface area contributed by atoms with Crippen LogP contribution in [-0.2, 0) is 4.65 Å². The fourth-order valence-electron chi connectivity index (χ4n) is 1.83. The van der Waals surface area contributed by atoms with Crippen LogP contribution in [0.4, 0.5) is 0 Å². The van der Waals surface area contributed by atoms with Crippen LogP contribution in [-0.4, -0.2) is 18.2 Å². The van der Waals surface area contributed by atoms with Gasteiger partial charge in [-0.2, -0.15) is 5.26 Å². The number of rotatable bonds is 3. The number of hydrogen-bond donors (Lipinski definition) is 1. The first-order valence-electron chi connectivity index (χ1n) is 5.70. The molecule has 0 saturated heterocycles. The Morgan fingerprint density at radius 1 is 1.65 bits per heavy atom. The van der Waals surface area contributed by atoms with E-state index in [1.54, 1.807) is 12.1 Å². The van der Waals surface area contributed by atoms with E-state index in [-0.39, 0.29) is 6.10 Å². The Morgan fingerprint density at radius 3 is 3.06 bits per heavy atom. The molecule has 2 unspecified atom stereocenters. The maximum Gasteiger partial charge on any atom is 0.496 e. The van der Waals surface area contributed by atoms with Gasteiger partial charge in [0.15, 0.2) is 6.10 Å². The number of fused-ring (bicyclic) bond motifs is 1. The van der Waals surface area contributed by atoms with E-state index in [1.807, 2.05) is 26.0 Å². The second kappa shape index (κ2) is 4.78. The normalized spacial score (nSPS) is 19.6. The lowest BCUT2D eigenvalue weighted by molar-refractivity contribution is 0.218. The first kappa shape index (κ1) is 12.0. The average molecular weight is 231 g/mol. The number of nitrogens with zero attached hydrogens (tertiary/aromatic N) is 1. The average Bonchev–Trinajstić information content (AvgIpc) is 2.67. The zero-order chi connectivity index (χ0) is 12.4. The molecule has 1 aliphatic heterocycles. The van der Waals surface area contributed by atoms with E-state index < -0.39 is 13.2 Å². The molecule has 1 heterocycles. The third kappa shape index (κ3) is 2.14. The minimum Gasteiger partial charge on any atom is -0.491 e. The van der Waals surface area contributed by atoms with E-state index in [4.69, 9.17) is 14.7 Å². The van der Waals surface area contributed by atoms with Crippen molar-refractivity contribution in [3.8, 4) is 11.8 Å². The number of ether oxygens (including phenoxy) is 1. The summed E-state index contributed by atoms with van der Waals surface area (Å²) in [7, 11) is -1.07. The smallest absolute Gasteiger partial charge is 0.491 e. The summed E-state index contributed by atoms with van der Waals surface area (Å²) in [6, 6.07) is 7.38. The Kier molecular flexibility index (Phi) is 3.37. The Hall–Kier alpha value is -1.51. The third-order valence-electron chi connectivity index (χ3n) is 2.91. The van der Waals surface area contributed by atoms with Crippen molar-refractivity contribution in [3.05, 3.63) is 23.8 Å². The fraction of sp³-hybridized carbons (Fsp3) is 0.417. The van der Waals surface area contributed by atoms with Crippen LogP contribution in [0.5, 0.6) is 5.75 Å². The summed E-state index contributed by atoms with van der Waals surface area (Å²) < 4.78 is 10.9. The highest BCUT2D eigenvalue weighted by Gasteiger charge is 2.38. The molecular formula is C12H14BNO3. The van der Waals surface area contributed by atoms with Gasteiger partial charge in [-0.1, -0.05) is 19.1 Å². The first-order chi connectivity index (χ1) is 8.17. The number of benzene rings is 1. The van der Waals surface area contributed by atoms with Crippen molar-refractivity contribution >= 4 is 12.6 Å². The van der Waals surface area contributed by atoms with Gasteiger partial charge >= 0.3 is 7.12 Å². The van der Waals surface area contributed by atoms with E-state index in [0.717, 1.165) is 6.42 Å². The van der Waals surface area contributed by atoms with Gasteiger partial charge in [0.05, 0.1) is 12.2 Å². The molecule has 1 aliphatic rings. The van der Waals surface area contributed by atoms with E-state index >= 15 is 0 Å². The van der Waals surface area contributed by atoms with Gasteiger partial charge in [-0.25, -0.2) is 0 Å². The molecule has 2 atom stereocenters. The minimum absolute atomic E-state index is 0.0647. The lowest BCUT2D eigenvalue weighted by Crippen LogP contribution is -2.31. The van der Waals surface area contributed by atoms with Crippen LogP contribution >= 0.6 is 0 Å². The Bertz CT molecular complexity index is 458. The quantitative estimate of drug-likeness (QED) is 0.792. The molecule has 5 heteroatoms. The van der Waals surface area contributed by atoms with E-state index in [2.05, 4.69) is 0 Å². The molecule has 17 heavy (non-hydrogen) atoms. The van der Waals surface area contributed by atoms with Crippen molar-refractivity contribution < 1.29 is 14.4 Å². The zero-order valence-electron chi connectivity index (χ0n) is 9.88. The summed E-state index contributed by atoms with van der Waals surface area (Å²) >= 11 is 0. The molecule has 1 aromatic rings. The van der Waals surface area contributed by atoms with Crippen LogP contribution in [0.2, 0.25) is 0 Å². The molecule has 4 nitrogen and oxygen atoms in total. The van der Waals surface area contributed by atoms with Gasteiger partial charge in [0.25, 0.3) is 0 Å². The lowest BCUT2D eigenvalue weighted by Gasteiger charge is -2.15. The highest BCUT2D eigenvalue weighted by atomic mass is 16.5. The van der Waals surface area contributed by atoms with Crippen molar-refractivity contribution in [2.45, 2.75) is 32.5 Å². The van der Waals surface area contributed by atoms with Gasteiger partial charge in [0, 0.05) is 5.46 Å². The topological polar surface area (TPSA) is 62.5 Å². The molecule has 0 spiro atoms. The van der Waals surface area contributed by atoms with Crippen LogP contribution < -0.4 is 10.2 Å². The maximum atomic E-state index is 9.80. The second-order valence-electron chi connectivity index (χ2n) is 4.09. The van der Waals surface area contributed by atoms with Gasteiger partial charge in [-0.3, -0.25) is 0 Å². The van der Waals surface area contributed by atoms with Crippen molar-refractivity contribution in [3.63, 3.8) is 0 Å². The molecule has 0 bridgehead atoms. The molecule has 0 aliphatic carbocycles. The SMILES string of the molecule is CCC(C)Oc1cccc2c1B(O)OC2C#N. The van der Waals surface area contributed by atoms with Crippen LogP contribution in [0.3, 0.4) is 0 Å². The maximum absolute atomic E-state index is 9.80. The van der Waals surface area contributed by atoms with Crippen molar-refractivity contribution in [2.75, 3.05) is 0 Å². The van der Waals surface area contributed by atoms with Gasteiger partial charge in [0.1, 0.15) is 5.75 Å². The molecule has 2 rings (SSSR count). The summed E-state index contributed by atoms with van der Waals surface area (Å²) in [5.41, 5.74) is 1.28. The summed E-state index contributed by atoms with van der Waals surface area (Å²) in [6.45, 7) is 3.99. The number of nitriles is 1. The van der Waals surface area contributed by atoms with E-state index in [0.29, 0.717) is 16.8 Å². The molecule has 1 aromatic carbocycles. The van der Waals surface area contributed by atoms with E-state index in [9.17, 15) is 5.02 Å². The monoisotopic (exact) mass is 231 g/mol. The molecule has 0 fully saturated rings. The highest BCUT2D eigenvalue weighted by molar-refractivity contribution is 6.63. The van der Waals surface area contributed by atoms with Crippen molar-refractivity contribution in [1.82, 2.24) is 0 Å². The number of hydrogen-bond acceptors (Lipinski definition) is 4. The Balaban J connectivity index is 2.37. The Morgan fingerprint density at radius 2 is 2.41 bits per heavy atom. The second-order valence-corrected chi connectivity index (χ2v) is 4.09. The predicted molar refractivity (Wildman–Crippen MR) is 63.9 cm³/mol. The first-order valence-corrected chi connectivity index (χ1v) is 5.70. The lowest BCUT2D eigenvalue weighted by atomic mass is 9.78. The van der Waals surface area contributed by atoms with Crippen LogP contribution in [0.15, 0.2) is 18.2 Å². The molecule has 0 radical (unpaired) electrons. The molecule has 0 saturated carbocycles. The third-order valence-corrected chi connectivity index (χ3v) is 2.91. The van der Waals surface area contributed by atoms with Crippen LogP contribution in [0.1, 0.15) is 31.9 Å². The Labute approximate surface area is 101 Å². The molecule has 0 amide bonds. The van der Waals surface area contributed by atoms with Gasteiger partial charge < -0.3 is 14.4 Å². The zero-order valence-corrected chi connectivity index (χ0v) is 9.88.